The third-order valence-corrected chi connectivity index (χ3v) is 9.56. The van der Waals surface area contributed by atoms with Crippen LogP contribution in [0.1, 0.15) is 65.5 Å². The lowest BCUT2D eigenvalue weighted by molar-refractivity contribution is 0.572. The van der Waals surface area contributed by atoms with Gasteiger partial charge in [-0.25, -0.2) is 0 Å². The Labute approximate surface area is 155 Å². The van der Waals surface area contributed by atoms with E-state index in [4.69, 9.17) is 0 Å². The van der Waals surface area contributed by atoms with Crippen molar-refractivity contribution < 1.29 is 0 Å². The molecule has 0 spiro atoms. The Morgan fingerprint density at radius 3 is 1.28 bits per heavy atom. The van der Waals surface area contributed by atoms with Crippen LogP contribution in [0.4, 0.5) is 0 Å². The van der Waals surface area contributed by atoms with E-state index in [1.54, 1.807) is 0 Å². The molecular formula is C24H33P. The van der Waals surface area contributed by atoms with Gasteiger partial charge in [0.2, 0.25) is 0 Å². The van der Waals surface area contributed by atoms with E-state index in [0.717, 1.165) is 5.92 Å². The molecule has 0 unspecified atom stereocenters. The maximum atomic E-state index is 2.47. The summed E-state index contributed by atoms with van der Waals surface area (Å²) in [5.41, 5.74) is 3.05. The van der Waals surface area contributed by atoms with Crippen LogP contribution in [0.15, 0.2) is 60.7 Å². The normalized spacial score (nSPS) is 16.3. The van der Waals surface area contributed by atoms with Crippen molar-refractivity contribution in [3.8, 4) is 0 Å². The molecule has 0 heterocycles. The molecule has 25 heavy (non-hydrogen) atoms. The van der Waals surface area contributed by atoms with E-state index >= 15 is 0 Å². The summed E-state index contributed by atoms with van der Waals surface area (Å²) in [6, 6.07) is 22.8. The van der Waals surface area contributed by atoms with Crippen molar-refractivity contribution >= 4 is 7.92 Å². The predicted molar refractivity (Wildman–Crippen MR) is 113 cm³/mol. The molecule has 2 aromatic rings. The molecule has 0 saturated heterocycles. The molecular weight excluding hydrogens is 319 g/mol. The van der Waals surface area contributed by atoms with Crippen molar-refractivity contribution in [3.63, 3.8) is 0 Å². The van der Waals surface area contributed by atoms with Gasteiger partial charge in [0.25, 0.3) is 0 Å². The van der Waals surface area contributed by atoms with Crippen molar-refractivity contribution in [2.45, 2.75) is 69.9 Å². The highest BCUT2D eigenvalue weighted by molar-refractivity contribution is 7.62. The number of hydrogen-bond donors (Lipinski definition) is 0. The van der Waals surface area contributed by atoms with Crippen LogP contribution in [-0.4, -0.2) is 10.3 Å². The van der Waals surface area contributed by atoms with Gasteiger partial charge in [-0.05, 0) is 40.2 Å². The Hall–Kier alpha value is -1.13. The molecule has 134 valence electrons. The zero-order valence-corrected chi connectivity index (χ0v) is 17.6. The van der Waals surface area contributed by atoms with E-state index in [1.165, 1.54) is 24.0 Å². The van der Waals surface area contributed by atoms with Crippen LogP contribution in [-0.2, 0) is 5.16 Å². The first kappa shape index (κ1) is 18.7. The van der Waals surface area contributed by atoms with Gasteiger partial charge in [-0.2, -0.15) is 0 Å². The molecule has 1 fully saturated rings. The van der Waals surface area contributed by atoms with Crippen LogP contribution in [0.25, 0.3) is 0 Å². The fraction of sp³-hybridized carbons (Fsp3) is 0.500. The standard InChI is InChI=1S/C24H33P/c1-22(2,3)25(23(4,5)6)24(21-17-18-21,19-13-9-7-10-14-19)20-15-11-8-12-16-20/h7-16,21H,17-18H2,1-6H3. The summed E-state index contributed by atoms with van der Waals surface area (Å²) >= 11 is 0. The van der Waals surface area contributed by atoms with Gasteiger partial charge in [0.05, 0.1) is 0 Å². The second-order valence-corrected chi connectivity index (χ2v) is 13.5. The highest BCUT2D eigenvalue weighted by atomic mass is 31.1. The monoisotopic (exact) mass is 352 g/mol. The molecule has 0 N–H and O–H groups in total. The lowest BCUT2D eigenvalue weighted by Crippen LogP contribution is -2.41. The molecule has 2 aromatic carbocycles. The Bertz CT molecular complexity index is 631. The van der Waals surface area contributed by atoms with Gasteiger partial charge in [0.15, 0.2) is 0 Å². The van der Waals surface area contributed by atoms with Gasteiger partial charge in [-0.3, -0.25) is 0 Å². The molecule has 1 aliphatic carbocycles. The van der Waals surface area contributed by atoms with E-state index in [2.05, 4.69) is 102 Å². The van der Waals surface area contributed by atoms with Crippen LogP contribution in [0.5, 0.6) is 0 Å². The fourth-order valence-corrected chi connectivity index (χ4v) is 10.6. The lowest BCUT2D eigenvalue weighted by atomic mass is 9.86. The lowest BCUT2D eigenvalue weighted by Gasteiger charge is -2.55. The molecule has 1 heteroatoms. The molecule has 0 amide bonds. The summed E-state index contributed by atoms with van der Waals surface area (Å²) in [4.78, 5) is 0. The number of hydrogen-bond acceptors (Lipinski definition) is 0. The molecule has 0 aromatic heterocycles. The Morgan fingerprint density at radius 1 is 0.640 bits per heavy atom. The third-order valence-electron chi connectivity index (χ3n) is 5.29. The highest BCUT2D eigenvalue weighted by Gasteiger charge is 2.58. The van der Waals surface area contributed by atoms with Crippen LogP contribution >= 0.6 is 7.92 Å². The molecule has 1 aliphatic rings. The summed E-state index contributed by atoms with van der Waals surface area (Å²) in [5, 5.41) is 0.706. The van der Waals surface area contributed by atoms with Gasteiger partial charge in [0, 0.05) is 5.16 Å². The average molecular weight is 353 g/mol. The maximum Gasteiger partial charge on any atom is 0.0438 e. The average Bonchev–Trinajstić information content (AvgIpc) is 3.37. The SMILES string of the molecule is CC(C)(C)P(C(C)(C)C)C(c1ccccc1)(c1ccccc1)C1CC1. The van der Waals surface area contributed by atoms with E-state index in [1.807, 2.05) is 0 Å². The van der Waals surface area contributed by atoms with Gasteiger partial charge in [0.1, 0.15) is 0 Å². The topological polar surface area (TPSA) is 0 Å². The van der Waals surface area contributed by atoms with E-state index in [-0.39, 0.29) is 23.4 Å². The van der Waals surface area contributed by atoms with Gasteiger partial charge in [-0.15, -0.1) is 0 Å². The predicted octanol–water partition coefficient (Wildman–Crippen LogP) is 7.42. The van der Waals surface area contributed by atoms with Crippen molar-refractivity contribution in [1.29, 1.82) is 0 Å². The molecule has 0 nitrogen and oxygen atoms in total. The summed E-state index contributed by atoms with van der Waals surface area (Å²) in [6.45, 7) is 14.8. The second kappa shape index (κ2) is 6.55. The molecule has 0 radical (unpaired) electrons. The molecule has 0 atom stereocenters. The van der Waals surface area contributed by atoms with Gasteiger partial charge >= 0.3 is 0 Å². The van der Waals surface area contributed by atoms with Crippen LogP contribution < -0.4 is 0 Å². The molecule has 0 bridgehead atoms. The quantitative estimate of drug-likeness (QED) is 0.502. The minimum absolute atomic E-state index is 0.147. The number of benzene rings is 2. The maximum absolute atomic E-state index is 2.47. The first-order chi connectivity index (χ1) is 11.7. The minimum Gasteiger partial charge on any atom is -0.0797 e. The second-order valence-electron chi connectivity index (χ2n) is 9.45. The van der Waals surface area contributed by atoms with E-state index in [0.29, 0.717) is 0 Å². The van der Waals surface area contributed by atoms with Crippen molar-refractivity contribution in [1.82, 2.24) is 0 Å². The Balaban J connectivity index is 2.35. The highest BCUT2D eigenvalue weighted by Crippen LogP contribution is 2.78. The van der Waals surface area contributed by atoms with Gasteiger partial charge in [-0.1, -0.05) is 110 Å². The van der Waals surface area contributed by atoms with E-state index in [9.17, 15) is 0 Å². The Morgan fingerprint density at radius 2 is 1.00 bits per heavy atom. The zero-order chi connectivity index (χ0) is 18.3. The van der Waals surface area contributed by atoms with Gasteiger partial charge < -0.3 is 0 Å². The number of rotatable bonds is 4. The van der Waals surface area contributed by atoms with Crippen LogP contribution in [0, 0.1) is 5.92 Å². The smallest absolute Gasteiger partial charge is 0.0438 e. The molecule has 1 saturated carbocycles. The minimum atomic E-state index is -0.320. The fourth-order valence-electron chi connectivity index (χ4n) is 5.03. The molecule has 3 rings (SSSR count). The van der Waals surface area contributed by atoms with Crippen molar-refractivity contribution in [3.05, 3.63) is 71.8 Å². The summed E-state index contributed by atoms with van der Waals surface area (Å²) in [7, 11) is -0.320. The first-order valence-corrected chi connectivity index (χ1v) is 10.9. The third kappa shape index (κ3) is 3.43. The van der Waals surface area contributed by atoms with Crippen LogP contribution in [0.2, 0.25) is 0 Å². The van der Waals surface area contributed by atoms with E-state index < -0.39 is 0 Å². The summed E-state index contributed by atoms with van der Waals surface area (Å²) in [5.74, 6) is 0.766. The summed E-state index contributed by atoms with van der Waals surface area (Å²) in [6.07, 6.45) is 2.71. The zero-order valence-electron chi connectivity index (χ0n) is 16.7. The van der Waals surface area contributed by atoms with Crippen LogP contribution in [0.3, 0.4) is 0 Å². The summed E-state index contributed by atoms with van der Waals surface area (Å²) < 4.78 is 0. The largest absolute Gasteiger partial charge is 0.0797 e. The van der Waals surface area contributed by atoms with Crippen molar-refractivity contribution in [2.75, 3.05) is 0 Å². The molecule has 0 aliphatic heterocycles. The van der Waals surface area contributed by atoms with Crippen molar-refractivity contribution in [2.24, 2.45) is 5.92 Å². The Kier molecular flexibility index (Phi) is 4.89. The first-order valence-electron chi connectivity index (χ1n) is 9.60.